The van der Waals surface area contributed by atoms with E-state index in [1.807, 2.05) is 42.5 Å². The SMILES string of the molecule is CC(C)Cn1[c-][n+]2c3c(cccc31)C(C)(C)c1c-2[c-]cc2ccccc12.[Ir+3].[c-]1ccccc1-c1ccccn1. The van der Waals surface area contributed by atoms with Crippen LogP contribution in [0.25, 0.3) is 38.8 Å². The van der Waals surface area contributed by atoms with Crippen LogP contribution in [0.2, 0.25) is 0 Å². The largest absolute Gasteiger partial charge is 3.00 e. The number of hydrogen-bond acceptors (Lipinski definition) is 1. The number of imidazole rings is 1. The molecule has 0 radical (unpaired) electrons. The van der Waals surface area contributed by atoms with Gasteiger partial charge >= 0.3 is 20.1 Å². The summed E-state index contributed by atoms with van der Waals surface area (Å²) in [7, 11) is 0. The Hall–Kier alpha value is -3.59. The minimum absolute atomic E-state index is 0. The van der Waals surface area contributed by atoms with E-state index in [0.717, 1.165) is 23.5 Å². The summed E-state index contributed by atoms with van der Waals surface area (Å²) in [5, 5.41) is 2.56. The summed E-state index contributed by atoms with van der Waals surface area (Å²) in [6.45, 7) is 10.2. The summed E-state index contributed by atoms with van der Waals surface area (Å²) in [5.41, 5.74) is 8.32. The number of hydrogen-bond donors (Lipinski definition) is 0. The van der Waals surface area contributed by atoms with Crippen molar-refractivity contribution in [1.29, 1.82) is 0 Å². The molecule has 1 aliphatic rings. The first kappa shape index (κ1) is 27.0. The van der Waals surface area contributed by atoms with Crippen LogP contribution < -0.4 is 4.57 Å². The summed E-state index contributed by atoms with van der Waals surface area (Å²) < 4.78 is 4.51. The minimum atomic E-state index is -0.0793. The third-order valence-electron chi connectivity index (χ3n) is 7.30. The Labute approximate surface area is 244 Å². The van der Waals surface area contributed by atoms with E-state index in [0.29, 0.717) is 5.92 Å². The number of rotatable bonds is 3. The molecule has 0 N–H and O–H groups in total. The predicted molar refractivity (Wildman–Crippen MR) is 154 cm³/mol. The molecule has 0 amide bonds. The number of pyridine rings is 1. The van der Waals surface area contributed by atoms with Gasteiger partial charge in [-0.25, -0.2) is 0 Å². The number of benzene rings is 4. The van der Waals surface area contributed by atoms with Gasteiger partial charge in [-0.2, -0.15) is 12.1 Å². The molecule has 0 saturated carbocycles. The standard InChI is InChI=1S/C24H23N2.C11H8N.Ir/c1-16(2)14-25-15-26-20-13-12-17-8-5-6-9-18(17)22(20)24(3,4)19-10-7-11-21(25)23(19)26;1-2-6-10(7-3-1)11-8-4-5-9-12-11;/h5-12,16H,14H2,1-4H3;1-6,8-9H;/q2*-1;+3. The van der Waals surface area contributed by atoms with Crippen LogP contribution in [0.15, 0.2) is 97.2 Å². The van der Waals surface area contributed by atoms with Crippen LogP contribution >= 0.6 is 0 Å². The quantitative estimate of drug-likeness (QED) is 0.140. The van der Waals surface area contributed by atoms with Crippen molar-refractivity contribution in [2.75, 3.05) is 0 Å². The van der Waals surface area contributed by atoms with Gasteiger partial charge in [-0.05, 0) is 23.1 Å². The topological polar surface area (TPSA) is 21.7 Å². The molecule has 1 aliphatic heterocycles. The average molecular weight is 686 g/mol. The fraction of sp³-hybridized carbons (Fsp3) is 0.200. The molecule has 0 fully saturated rings. The van der Waals surface area contributed by atoms with Crippen LogP contribution in [0, 0.1) is 24.4 Å². The second kappa shape index (κ2) is 10.9. The average Bonchev–Trinajstić information content (AvgIpc) is 3.31. The van der Waals surface area contributed by atoms with Crippen LogP contribution in [0.1, 0.15) is 38.8 Å². The van der Waals surface area contributed by atoms with Gasteiger partial charge in [-0.1, -0.05) is 87.5 Å². The Morgan fingerprint density at radius 1 is 0.897 bits per heavy atom. The van der Waals surface area contributed by atoms with E-state index in [2.05, 4.69) is 109 Å². The molecule has 2 aromatic heterocycles. The smallest absolute Gasteiger partial charge is 0.341 e. The summed E-state index contributed by atoms with van der Waals surface area (Å²) in [5.74, 6) is 0.577. The molecule has 39 heavy (non-hydrogen) atoms. The summed E-state index contributed by atoms with van der Waals surface area (Å²) in [4.78, 5) is 4.22. The minimum Gasteiger partial charge on any atom is -0.341 e. The van der Waals surface area contributed by atoms with Crippen molar-refractivity contribution in [3.05, 3.63) is 127 Å². The first-order chi connectivity index (χ1) is 18.4. The third kappa shape index (κ3) is 4.84. The van der Waals surface area contributed by atoms with Gasteiger partial charge in [0, 0.05) is 6.20 Å². The van der Waals surface area contributed by atoms with Crippen molar-refractivity contribution in [1.82, 2.24) is 9.55 Å². The van der Waals surface area contributed by atoms with Gasteiger partial charge in [0.2, 0.25) is 6.33 Å². The van der Waals surface area contributed by atoms with Crippen molar-refractivity contribution in [2.45, 2.75) is 39.7 Å². The van der Waals surface area contributed by atoms with Gasteiger partial charge in [0.05, 0.1) is 17.6 Å². The van der Waals surface area contributed by atoms with E-state index in [9.17, 15) is 0 Å². The summed E-state index contributed by atoms with van der Waals surface area (Å²) in [6, 6.07) is 37.8. The predicted octanol–water partition coefficient (Wildman–Crippen LogP) is 7.51. The molecule has 6 aromatic rings. The van der Waals surface area contributed by atoms with E-state index >= 15 is 0 Å². The van der Waals surface area contributed by atoms with Gasteiger partial charge < -0.3 is 14.1 Å². The van der Waals surface area contributed by atoms with Crippen LogP contribution in [0.5, 0.6) is 0 Å². The zero-order valence-corrected chi connectivity index (χ0v) is 25.1. The zero-order valence-electron chi connectivity index (χ0n) is 22.7. The Bertz CT molecular complexity index is 1700. The second-order valence-electron chi connectivity index (χ2n) is 10.8. The van der Waals surface area contributed by atoms with Gasteiger partial charge in [0.1, 0.15) is 0 Å². The molecular formula is C35H31IrN3+. The van der Waals surface area contributed by atoms with E-state index in [4.69, 9.17) is 0 Å². The fourth-order valence-corrected chi connectivity index (χ4v) is 5.59. The Morgan fingerprint density at radius 2 is 1.69 bits per heavy atom. The molecule has 0 bridgehead atoms. The molecule has 0 atom stereocenters. The molecule has 4 aromatic carbocycles. The Kier molecular flexibility index (Phi) is 7.53. The molecule has 3 heterocycles. The van der Waals surface area contributed by atoms with Crippen molar-refractivity contribution in [3.8, 4) is 16.9 Å². The monoisotopic (exact) mass is 686 g/mol. The Morgan fingerprint density at radius 3 is 2.44 bits per heavy atom. The van der Waals surface area contributed by atoms with Gasteiger partial charge in [0.15, 0.2) is 0 Å². The molecule has 194 valence electrons. The van der Waals surface area contributed by atoms with E-state index in [-0.39, 0.29) is 25.5 Å². The maximum Gasteiger partial charge on any atom is 3.00 e. The van der Waals surface area contributed by atoms with Gasteiger partial charge in [-0.3, -0.25) is 0 Å². The summed E-state index contributed by atoms with van der Waals surface area (Å²) in [6.07, 6.45) is 5.41. The maximum atomic E-state index is 4.22. The van der Waals surface area contributed by atoms with Crippen LogP contribution in [0.4, 0.5) is 0 Å². The number of aromatic nitrogens is 3. The fourth-order valence-electron chi connectivity index (χ4n) is 5.59. The van der Waals surface area contributed by atoms with E-state index < -0.39 is 0 Å². The van der Waals surface area contributed by atoms with Crippen LogP contribution in [0.3, 0.4) is 0 Å². The first-order valence-electron chi connectivity index (χ1n) is 13.2. The van der Waals surface area contributed by atoms with Crippen molar-refractivity contribution in [2.24, 2.45) is 5.92 Å². The second-order valence-corrected chi connectivity index (χ2v) is 10.8. The van der Waals surface area contributed by atoms with E-state index in [1.165, 1.54) is 32.9 Å². The molecule has 0 saturated heterocycles. The number of nitrogens with zero attached hydrogens (tertiary/aromatic N) is 3. The first-order valence-corrected chi connectivity index (χ1v) is 13.2. The van der Waals surface area contributed by atoms with Crippen molar-refractivity contribution >= 4 is 21.8 Å². The normalized spacial score (nSPS) is 12.9. The molecule has 7 rings (SSSR count). The van der Waals surface area contributed by atoms with Gasteiger partial charge in [0.25, 0.3) is 0 Å². The molecule has 0 spiro atoms. The summed E-state index contributed by atoms with van der Waals surface area (Å²) >= 11 is 0. The van der Waals surface area contributed by atoms with Crippen molar-refractivity contribution < 1.29 is 24.7 Å². The third-order valence-corrected chi connectivity index (χ3v) is 7.30. The molecule has 4 heteroatoms. The number of fused-ring (bicyclic) bond motifs is 4. The molecule has 0 aliphatic carbocycles. The molecule has 3 nitrogen and oxygen atoms in total. The van der Waals surface area contributed by atoms with Gasteiger partial charge in [-0.15, -0.1) is 58.3 Å². The Balaban J connectivity index is 0.000000200. The maximum absolute atomic E-state index is 4.22. The van der Waals surface area contributed by atoms with Crippen LogP contribution in [-0.2, 0) is 32.1 Å². The van der Waals surface area contributed by atoms with Crippen molar-refractivity contribution in [3.63, 3.8) is 0 Å². The zero-order chi connectivity index (χ0) is 26.3. The molecule has 0 unspecified atom stereocenters. The van der Waals surface area contributed by atoms with E-state index in [1.54, 1.807) is 6.20 Å². The number of para-hydroxylation sites is 1. The van der Waals surface area contributed by atoms with Crippen LogP contribution in [-0.4, -0.2) is 9.55 Å². The molecular weight excluding hydrogens is 655 g/mol.